The van der Waals surface area contributed by atoms with Crippen LogP contribution in [0.2, 0.25) is 0 Å². The lowest BCUT2D eigenvalue weighted by atomic mass is 10.0. The zero-order chi connectivity index (χ0) is 21.7. The van der Waals surface area contributed by atoms with Gasteiger partial charge in [-0.2, -0.15) is 0 Å². The van der Waals surface area contributed by atoms with E-state index >= 15 is 0 Å². The second-order valence-electron chi connectivity index (χ2n) is 6.61. The molecule has 30 heavy (non-hydrogen) atoms. The molecular weight excluding hydrogens is 392 g/mol. The van der Waals surface area contributed by atoms with Gasteiger partial charge in [-0.25, -0.2) is 8.78 Å². The highest BCUT2D eigenvalue weighted by Gasteiger charge is 2.20. The van der Waals surface area contributed by atoms with Crippen LogP contribution in [0.5, 0.6) is 5.75 Å². The van der Waals surface area contributed by atoms with Crippen molar-refractivity contribution in [2.75, 3.05) is 13.7 Å². The quantitative estimate of drug-likeness (QED) is 0.627. The molecule has 7 heteroatoms. The lowest BCUT2D eigenvalue weighted by molar-refractivity contribution is -0.137. The van der Waals surface area contributed by atoms with E-state index < -0.39 is 30.1 Å². The number of amides is 1. The van der Waals surface area contributed by atoms with Gasteiger partial charge in [0.05, 0.1) is 7.11 Å². The SMILES string of the molecule is COc1ccccc1-c1cccc(C(=O)N(CC(=O)O)Cc2cc(F)cc(F)c2)c1. The number of halogens is 2. The number of para-hydroxylation sites is 1. The summed E-state index contributed by atoms with van der Waals surface area (Å²) in [5, 5.41) is 9.21. The molecule has 3 aromatic carbocycles. The van der Waals surface area contributed by atoms with E-state index in [4.69, 9.17) is 4.74 Å². The minimum atomic E-state index is -1.24. The third-order valence-corrected chi connectivity index (χ3v) is 4.44. The Morgan fingerprint density at radius 1 is 0.967 bits per heavy atom. The standard InChI is InChI=1S/C23H19F2NO4/c1-30-21-8-3-2-7-20(21)16-5-4-6-17(11-16)23(29)26(14-22(27)28)13-15-9-18(24)12-19(25)10-15/h2-12H,13-14H2,1H3,(H,27,28). The predicted molar refractivity (Wildman–Crippen MR) is 107 cm³/mol. The largest absolute Gasteiger partial charge is 0.496 e. The van der Waals surface area contributed by atoms with Crippen LogP contribution in [0, 0.1) is 11.6 Å². The van der Waals surface area contributed by atoms with Crippen molar-refractivity contribution < 1.29 is 28.2 Å². The summed E-state index contributed by atoms with van der Waals surface area (Å²) in [7, 11) is 1.54. The Balaban J connectivity index is 1.93. The van der Waals surface area contributed by atoms with Crippen LogP contribution in [0.25, 0.3) is 11.1 Å². The minimum absolute atomic E-state index is 0.156. The van der Waals surface area contributed by atoms with Crippen LogP contribution >= 0.6 is 0 Å². The Morgan fingerprint density at radius 3 is 2.33 bits per heavy atom. The van der Waals surface area contributed by atoms with E-state index in [1.165, 1.54) is 0 Å². The van der Waals surface area contributed by atoms with Crippen LogP contribution in [0.3, 0.4) is 0 Å². The lowest BCUT2D eigenvalue weighted by Crippen LogP contribution is -2.35. The van der Waals surface area contributed by atoms with E-state index in [0.29, 0.717) is 17.4 Å². The van der Waals surface area contributed by atoms with Crippen LogP contribution in [0.4, 0.5) is 8.78 Å². The van der Waals surface area contributed by atoms with E-state index in [2.05, 4.69) is 0 Å². The van der Waals surface area contributed by atoms with Gasteiger partial charge in [0, 0.05) is 23.7 Å². The maximum Gasteiger partial charge on any atom is 0.323 e. The monoisotopic (exact) mass is 411 g/mol. The minimum Gasteiger partial charge on any atom is -0.496 e. The first-order valence-corrected chi connectivity index (χ1v) is 9.07. The number of ether oxygens (including phenoxy) is 1. The van der Waals surface area contributed by atoms with Crippen LogP contribution in [0.15, 0.2) is 66.7 Å². The van der Waals surface area contributed by atoms with Crippen molar-refractivity contribution in [2.24, 2.45) is 0 Å². The Kier molecular flexibility index (Phi) is 6.41. The van der Waals surface area contributed by atoms with Crippen molar-refractivity contribution in [1.29, 1.82) is 0 Å². The number of carboxylic acids is 1. The molecule has 0 saturated heterocycles. The predicted octanol–water partition coefficient (Wildman–Crippen LogP) is 4.37. The summed E-state index contributed by atoms with van der Waals surface area (Å²) in [6, 6.07) is 16.8. The number of hydrogen-bond acceptors (Lipinski definition) is 3. The smallest absolute Gasteiger partial charge is 0.323 e. The average Bonchev–Trinajstić information content (AvgIpc) is 2.71. The van der Waals surface area contributed by atoms with Gasteiger partial charge in [-0.3, -0.25) is 9.59 Å². The fraction of sp³-hybridized carbons (Fsp3) is 0.130. The van der Waals surface area contributed by atoms with Crippen LogP contribution in [0.1, 0.15) is 15.9 Å². The highest BCUT2D eigenvalue weighted by molar-refractivity contribution is 5.97. The number of nitrogens with zero attached hydrogens (tertiary/aromatic N) is 1. The molecule has 3 aromatic rings. The summed E-state index contributed by atoms with van der Waals surface area (Å²) in [5.74, 6) is -2.78. The molecule has 0 heterocycles. The average molecular weight is 411 g/mol. The lowest BCUT2D eigenvalue weighted by Gasteiger charge is -2.21. The van der Waals surface area contributed by atoms with Gasteiger partial charge in [-0.05, 0) is 41.5 Å². The molecule has 0 saturated carbocycles. The van der Waals surface area contributed by atoms with Crippen molar-refractivity contribution >= 4 is 11.9 Å². The third-order valence-electron chi connectivity index (χ3n) is 4.44. The van der Waals surface area contributed by atoms with Gasteiger partial charge < -0.3 is 14.7 Å². The molecule has 0 radical (unpaired) electrons. The number of carboxylic acid groups (broad SMARTS) is 1. The first kappa shape index (κ1) is 21.0. The molecule has 1 amide bonds. The van der Waals surface area contributed by atoms with Crippen molar-refractivity contribution in [3.8, 4) is 16.9 Å². The van der Waals surface area contributed by atoms with Gasteiger partial charge in [-0.15, -0.1) is 0 Å². The molecule has 0 fully saturated rings. The van der Waals surface area contributed by atoms with Gasteiger partial charge in [-0.1, -0.05) is 30.3 Å². The van der Waals surface area contributed by atoms with Crippen molar-refractivity contribution in [3.63, 3.8) is 0 Å². The number of methoxy groups -OCH3 is 1. The van der Waals surface area contributed by atoms with Crippen LogP contribution in [-0.4, -0.2) is 35.5 Å². The number of carbonyl (C=O) groups is 2. The number of hydrogen-bond donors (Lipinski definition) is 1. The van der Waals surface area contributed by atoms with Crippen molar-refractivity contribution in [3.05, 3.63) is 89.5 Å². The summed E-state index contributed by atoms with van der Waals surface area (Å²) in [6.07, 6.45) is 0. The second-order valence-corrected chi connectivity index (χ2v) is 6.61. The van der Waals surface area contributed by atoms with E-state index in [0.717, 1.165) is 22.6 Å². The van der Waals surface area contributed by atoms with Gasteiger partial charge >= 0.3 is 5.97 Å². The normalized spacial score (nSPS) is 10.5. The summed E-state index contributed by atoms with van der Waals surface area (Å²) in [6.45, 7) is -0.867. The molecule has 0 unspecified atom stereocenters. The topological polar surface area (TPSA) is 66.8 Å². The van der Waals surface area contributed by atoms with Crippen LogP contribution < -0.4 is 4.74 Å². The molecule has 1 N–H and O–H groups in total. The summed E-state index contributed by atoms with van der Waals surface area (Å²) < 4.78 is 32.4. The molecule has 0 aliphatic rings. The molecule has 0 bridgehead atoms. The second kappa shape index (κ2) is 9.17. The molecule has 154 valence electrons. The van der Waals surface area contributed by atoms with E-state index in [1.807, 2.05) is 18.2 Å². The molecule has 5 nitrogen and oxygen atoms in total. The summed E-state index contributed by atoms with van der Waals surface area (Å²) in [4.78, 5) is 25.3. The molecule has 0 aliphatic heterocycles. The van der Waals surface area contributed by atoms with Gasteiger partial charge in [0.25, 0.3) is 5.91 Å². The highest BCUT2D eigenvalue weighted by atomic mass is 19.1. The zero-order valence-electron chi connectivity index (χ0n) is 16.1. The number of carbonyl (C=O) groups excluding carboxylic acids is 1. The maximum atomic E-state index is 13.5. The Labute approximate surface area is 172 Å². The van der Waals surface area contributed by atoms with E-state index in [1.54, 1.807) is 37.4 Å². The van der Waals surface area contributed by atoms with Crippen LogP contribution in [-0.2, 0) is 11.3 Å². The molecule has 3 rings (SSSR count). The highest BCUT2D eigenvalue weighted by Crippen LogP contribution is 2.30. The first-order chi connectivity index (χ1) is 14.4. The Bertz CT molecular complexity index is 1060. The fourth-order valence-corrected chi connectivity index (χ4v) is 3.17. The maximum absolute atomic E-state index is 13.5. The summed E-state index contributed by atoms with van der Waals surface area (Å²) >= 11 is 0. The van der Waals surface area contributed by atoms with E-state index in [9.17, 15) is 23.5 Å². The van der Waals surface area contributed by atoms with Gasteiger partial charge in [0.2, 0.25) is 0 Å². The Morgan fingerprint density at radius 2 is 1.67 bits per heavy atom. The number of aliphatic carboxylic acids is 1. The first-order valence-electron chi connectivity index (χ1n) is 9.07. The molecule has 0 aromatic heterocycles. The third kappa shape index (κ3) is 5.00. The summed E-state index contributed by atoms with van der Waals surface area (Å²) in [5.41, 5.74) is 1.89. The van der Waals surface area contributed by atoms with Crippen molar-refractivity contribution in [2.45, 2.75) is 6.54 Å². The number of benzene rings is 3. The Hall–Kier alpha value is -3.74. The van der Waals surface area contributed by atoms with Gasteiger partial charge in [0.1, 0.15) is 23.9 Å². The molecule has 0 atom stereocenters. The zero-order valence-corrected chi connectivity index (χ0v) is 16.1. The van der Waals surface area contributed by atoms with E-state index in [-0.39, 0.29) is 17.7 Å². The van der Waals surface area contributed by atoms with Crippen molar-refractivity contribution in [1.82, 2.24) is 4.90 Å². The molecule has 0 spiro atoms. The fourth-order valence-electron chi connectivity index (χ4n) is 3.17. The van der Waals surface area contributed by atoms with Gasteiger partial charge in [0.15, 0.2) is 0 Å². The molecule has 0 aliphatic carbocycles. The molecular formula is C23H19F2NO4. The number of rotatable bonds is 7.